The maximum atomic E-state index is 12.7. The monoisotopic (exact) mass is 328 g/mol. The molecule has 1 unspecified atom stereocenters. The van der Waals surface area contributed by atoms with Crippen LogP contribution in [0, 0.1) is 11.3 Å². The largest absolute Gasteiger partial charge is 0.480 e. The number of nitriles is 1. The Morgan fingerprint density at radius 3 is 2.76 bits per heavy atom. The fourth-order valence-electron chi connectivity index (χ4n) is 2.38. The van der Waals surface area contributed by atoms with Gasteiger partial charge in [-0.2, -0.15) is 9.57 Å². The normalized spacial score (nSPS) is 19.9. The molecular formula is C13H13ClN2O4S. The number of rotatable bonds is 3. The Balaban J connectivity index is 2.51. The minimum atomic E-state index is -4.04. The summed E-state index contributed by atoms with van der Waals surface area (Å²) in [5.74, 6) is -1.18. The molecule has 6 nitrogen and oxygen atoms in total. The van der Waals surface area contributed by atoms with Gasteiger partial charge in [0.25, 0.3) is 0 Å². The molecule has 0 aromatic heterocycles. The van der Waals surface area contributed by atoms with Crippen LogP contribution in [0.15, 0.2) is 23.1 Å². The van der Waals surface area contributed by atoms with E-state index in [0.29, 0.717) is 12.8 Å². The van der Waals surface area contributed by atoms with E-state index in [0.717, 1.165) is 4.31 Å². The summed E-state index contributed by atoms with van der Waals surface area (Å²) in [6, 6.07) is 4.56. The summed E-state index contributed by atoms with van der Waals surface area (Å²) in [5.41, 5.74) is -0.0859. The molecule has 1 aliphatic rings. The number of aliphatic carboxylic acids is 1. The second-order valence-electron chi connectivity index (χ2n) is 4.72. The van der Waals surface area contributed by atoms with E-state index in [1.165, 1.54) is 18.2 Å². The van der Waals surface area contributed by atoms with Crippen molar-refractivity contribution in [2.24, 2.45) is 0 Å². The van der Waals surface area contributed by atoms with Crippen molar-refractivity contribution in [3.63, 3.8) is 0 Å². The Labute approximate surface area is 127 Å². The van der Waals surface area contributed by atoms with Gasteiger partial charge in [-0.1, -0.05) is 11.6 Å². The van der Waals surface area contributed by atoms with Crippen LogP contribution < -0.4 is 0 Å². The van der Waals surface area contributed by atoms with Gasteiger partial charge in [0.1, 0.15) is 17.0 Å². The molecule has 2 rings (SSSR count). The lowest BCUT2D eigenvalue weighted by molar-refractivity contribution is -0.142. The van der Waals surface area contributed by atoms with Crippen LogP contribution >= 0.6 is 11.6 Å². The van der Waals surface area contributed by atoms with Gasteiger partial charge in [0.05, 0.1) is 5.56 Å². The van der Waals surface area contributed by atoms with E-state index < -0.39 is 22.0 Å². The van der Waals surface area contributed by atoms with Gasteiger partial charge in [-0.3, -0.25) is 4.79 Å². The molecule has 0 spiro atoms. The molecule has 1 aromatic rings. The SMILES string of the molecule is N#Cc1cc(Cl)ccc1S(=O)(=O)N1CCCCC1C(=O)O. The quantitative estimate of drug-likeness (QED) is 0.912. The molecule has 1 heterocycles. The molecule has 1 fully saturated rings. The highest BCUT2D eigenvalue weighted by atomic mass is 35.5. The van der Waals surface area contributed by atoms with E-state index in [2.05, 4.69) is 0 Å². The van der Waals surface area contributed by atoms with Crippen LogP contribution in [-0.2, 0) is 14.8 Å². The molecule has 1 atom stereocenters. The number of benzene rings is 1. The minimum Gasteiger partial charge on any atom is -0.480 e. The molecular weight excluding hydrogens is 316 g/mol. The third-order valence-electron chi connectivity index (χ3n) is 3.39. The molecule has 1 aliphatic heterocycles. The minimum absolute atomic E-state index is 0.0859. The topological polar surface area (TPSA) is 98.5 Å². The van der Waals surface area contributed by atoms with E-state index >= 15 is 0 Å². The van der Waals surface area contributed by atoms with Gasteiger partial charge in [0.2, 0.25) is 10.0 Å². The van der Waals surface area contributed by atoms with Crippen molar-refractivity contribution in [3.8, 4) is 6.07 Å². The van der Waals surface area contributed by atoms with Crippen molar-refractivity contribution < 1.29 is 18.3 Å². The number of carboxylic acids is 1. The fourth-order valence-corrected chi connectivity index (χ4v) is 4.33. The molecule has 8 heteroatoms. The van der Waals surface area contributed by atoms with E-state index in [-0.39, 0.29) is 28.4 Å². The van der Waals surface area contributed by atoms with Crippen LogP contribution in [-0.4, -0.2) is 36.4 Å². The lowest BCUT2D eigenvalue weighted by Gasteiger charge is -2.32. The Morgan fingerprint density at radius 1 is 1.43 bits per heavy atom. The van der Waals surface area contributed by atoms with Crippen molar-refractivity contribution in [2.75, 3.05) is 6.54 Å². The number of carbonyl (C=O) groups is 1. The van der Waals surface area contributed by atoms with Gasteiger partial charge < -0.3 is 5.11 Å². The molecule has 0 aliphatic carbocycles. The van der Waals surface area contributed by atoms with Gasteiger partial charge in [-0.15, -0.1) is 0 Å². The predicted molar refractivity (Wildman–Crippen MR) is 75.3 cm³/mol. The highest BCUT2D eigenvalue weighted by molar-refractivity contribution is 7.89. The summed E-state index contributed by atoms with van der Waals surface area (Å²) < 4.78 is 26.3. The zero-order valence-corrected chi connectivity index (χ0v) is 12.6. The molecule has 1 N–H and O–H groups in total. The summed E-state index contributed by atoms with van der Waals surface area (Å²) >= 11 is 5.76. The van der Waals surface area contributed by atoms with Crippen LogP contribution in [0.2, 0.25) is 5.02 Å². The Bertz CT molecular complexity index is 711. The van der Waals surface area contributed by atoms with Gasteiger partial charge in [-0.25, -0.2) is 8.42 Å². The van der Waals surface area contributed by atoms with Crippen molar-refractivity contribution in [3.05, 3.63) is 28.8 Å². The summed E-state index contributed by atoms with van der Waals surface area (Å²) in [5, 5.41) is 18.5. The number of carboxylic acid groups (broad SMARTS) is 1. The Kier molecular flexibility index (Phi) is 4.52. The Hall–Kier alpha value is -1.62. The van der Waals surface area contributed by atoms with E-state index in [1.807, 2.05) is 0 Å². The van der Waals surface area contributed by atoms with Crippen molar-refractivity contribution in [1.82, 2.24) is 4.31 Å². The fraction of sp³-hybridized carbons (Fsp3) is 0.385. The number of halogens is 1. The smallest absolute Gasteiger partial charge is 0.322 e. The second-order valence-corrected chi connectivity index (χ2v) is 7.01. The summed E-state index contributed by atoms with van der Waals surface area (Å²) in [7, 11) is -4.04. The predicted octanol–water partition coefficient (Wildman–Crippen LogP) is 1.84. The number of hydrogen-bond donors (Lipinski definition) is 1. The number of nitrogens with zero attached hydrogens (tertiary/aromatic N) is 2. The molecule has 0 saturated carbocycles. The average molecular weight is 329 g/mol. The Morgan fingerprint density at radius 2 is 2.14 bits per heavy atom. The van der Waals surface area contributed by atoms with Gasteiger partial charge >= 0.3 is 5.97 Å². The van der Waals surface area contributed by atoms with Gasteiger partial charge in [0.15, 0.2) is 0 Å². The standard InChI is InChI=1S/C13H13ClN2O4S/c14-10-4-5-12(9(7-10)8-15)21(19,20)16-6-2-1-3-11(16)13(17)18/h4-5,7,11H,1-3,6H2,(H,17,18). The summed E-state index contributed by atoms with van der Waals surface area (Å²) in [6.45, 7) is 0.132. The lowest BCUT2D eigenvalue weighted by Crippen LogP contribution is -2.47. The first-order valence-corrected chi connectivity index (χ1v) is 8.14. The van der Waals surface area contributed by atoms with Crippen LogP contribution in [0.1, 0.15) is 24.8 Å². The van der Waals surface area contributed by atoms with Gasteiger partial charge in [0, 0.05) is 11.6 Å². The van der Waals surface area contributed by atoms with Crippen LogP contribution in [0.3, 0.4) is 0 Å². The molecule has 0 radical (unpaired) electrons. The maximum Gasteiger partial charge on any atom is 0.322 e. The third kappa shape index (κ3) is 3.02. The number of piperidine rings is 1. The van der Waals surface area contributed by atoms with E-state index in [9.17, 15) is 18.3 Å². The maximum absolute atomic E-state index is 12.7. The average Bonchev–Trinajstić information content (AvgIpc) is 2.46. The zero-order chi connectivity index (χ0) is 15.6. The van der Waals surface area contributed by atoms with Crippen LogP contribution in [0.4, 0.5) is 0 Å². The first-order chi connectivity index (χ1) is 9.87. The summed E-state index contributed by atoms with van der Waals surface area (Å²) in [6.07, 6.45) is 1.53. The van der Waals surface area contributed by atoms with E-state index in [1.54, 1.807) is 6.07 Å². The molecule has 0 bridgehead atoms. The summed E-state index contributed by atoms with van der Waals surface area (Å²) in [4.78, 5) is 11.1. The highest BCUT2D eigenvalue weighted by Crippen LogP contribution is 2.28. The molecule has 112 valence electrons. The van der Waals surface area contributed by atoms with Crippen LogP contribution in [0.5, 0.6) is 0 Å². The first kappa shape index (κ1) is 15.8. The second kappa shape index (κ2) is 6.02. The molecule has 21 heavy (non-hydrogen) atoms. The third-order valence-corrected chi connectivity index (χ3v) is 5.59. The van der Waals surface area contributed by atoms with Gasteiger partial charge in [-0.05, 0) is 37.5 Å². The van der Waals surface area contributed by atoms with Crippen LogP contribution in [0.25, 0.3) is 0 Å². The van der Waals surface area contributed by atoms with Crippen molar-refractivity contribution in [2.45, 2.75) is 30.2 Å². The van der Waals surface area contributed by atoms with Crippen molar-refractivity contribution in [1.29, 1.82) is 5.26 Å². The molecule has 1 aromatic carbocycles. The molecule has 0 amide bonds. The number of sulfonamides is 1. The lowest BCUT2D eigenvalue weighted by atomic mass is 10.1. The van der Waals surface area contributed by atoms with Crippen molar-refractivity contribution >= 4 is 27.6 Å². The first-order valence-electron chi connectivity index (χ1n) is 6.32. The highest BCUT2D eigenvalue weighted by Gasteiger charge is 2.38. The molecule has 1 saturated heterocycles. The van der Waals surface area contributed by atoms with E-state index in [4.69, 9.17) is 16.9 Å². The number of hydrogen-bond acceptors (Lipinski definition) is 4. The zero-order valence-electron chi connectivity index (χ0n) is 11.0.